The molecule has 7 heteroatoms. The lowest BCUT2D eigenvalue weighted by Gasteiger charge is -2.01. The molecule has 0 bridgehead atoms. The van der Waals surface area contributed by atoms with E-state index in [9.17, 15) is 4.79 Å². The summed E-state index contributed by atoms with van der Waals surface area (Å²) in [6.07, 6.45) is 4.72. The zero-order valence-corrected chi connectivity index (χ0v) is 11.3. The fourth-order valence-electron chi connectivity index (χ4n) is 1.95. The lowest BCUT2D eigenvalue weighted by molar-refractivity contribution is 0.0947. The van der Waals surface area contributed by atoms with Gasteiger partial charge in [-0.3, -0.25) is 4.79 Å². The predicted octanol–water partition coefficient (Wildman–Crippen LogP) is 1.47. The van der Waals surface area contributed by atoms with Gasteiger partial charge in [-0.2, -0.15) is 4.98 Å². The predicted molar refractivity (Wildman–Crippen MR) is 68.2 cm³/mol. The lowest BCUT2D eigenvalue weighted by atomic mass is 10.2. The van der Waals surface area contributed by atoms with Crippen LogP contribution < -0.4 is 5.32 Å². The number of hydrogen-bond donors (Lipinski definition) is 1. The van der Waals surface area contributed by atoms with E-state index in [2.05, 4.69) is 20.4 Å². The van der Waals surface area contributed by atoms with Crippen molar-refractivity contribution in [1.29, 1.82) is 0 Å². The maximum absolute atomic E-state index is 11.9. The van der Waals surface area contributed by atoms with Gasteiger partial charge in [-0.25, -0.2) is 4.98 Å². The van der Waals surface area contributed by atoms with Gasteiger partial charge in [0.15, 0.2) is 17.9 Å². The Kier molecular flexibility index (Phi) is 3.49. The third-order valence-corrected chi connectivity index (χ3v) is 3.23. The molecule has 0 radical (unpaired) electrons. The van der Waals surface area contributed by atoms with Gasteiger partial charge < -0.3 is 14.3 Å². The summed E-state index contributed by atoms with van der Waals surface area (Å²) in [4.78, 5) is 20.1. The Morgan fingerprint density at radius 1 is 1.50 bits per heavy atom. The monoisotopic (exact) mass is 276 g/mol. The topological polar surface area (TPSA) is 94.1 Å². The van der Waals surface area contributed by atoms with Gasteiger partial charge >= 0.3 is 0 Å². The molecule has 2 heterocycles. The van der Waals surface area contributed by atoms with Gasteiger partial charge in [-0.15, -0.1) is 0 Å². The van der Waals surface area contributed by atoms with E-state index >= 15 is 0 Å². The zero-order chi connectivity index (χ0) is 13.9. The Labute approximate surface area is 115 Å². The second-order valence-electron chi connectivity index (χ2n) is 4.80. The summed E-state index contributed by atoms with van der Waals surface area (Å²) in [7, 11) is 0. The molecule has 2 aromatic heterocycles. The van der Waals surface area contributed by atoms with Crippen LogP contribution >= 0.6 is 0 Å². The minimum absolute atomic E-state index is 0.238. The molecular formula is C13H16N4O3. The Bertz CT molecular complexity index is 600. The second-order valence-corrected chi connectivity index (χ2v) is 4.80. The molecule has 1 N–H and O–H groups in total. The highest BCUT2D eigenvalue weighted by Gasteiger charge is 2.28. The first-order chi connectivity index (χ1) is 9.78. The van der Waals surface area contributed by atoms with E-state index in [1.54, 1.807) is 0 Å². The van der Waals surface area contributed by atoms with Crippen LogP contribution in [-0.4, -0.2) is 27.6 Å². The number of oxazole rings is 1. The van der Waals surface area contributed by atoms with Gasteiger partial charge in [0.05, 0.1) is 0 Å². The fourth-order valence-corrected chi connectivity index (χ4v) is 1.95. The van der Waals surface area contributed by atoms with E-state index in [1.165, 1.54) is 6.39 Å². The average molecular weight is 276 g/mol. The molecule has 3 rings (SSSR count). The highest BCUT2D eigenvalue weighted by molar-refractivity contribution is 5.93. The fraction of sp³-hybridized carbons (Fsp3) is 0.538. The molecule has 1 saturated carbocycles. The highest BCUT2D eigenvalue weighted by atomic mass is 16.5. The minimum Gasteiger partial charge on any atom is -0.448 e. The maximum atomic E-state index is 11.9. The van der Waals surface area contributed by atoms with Crippen molar-refractivity contribution < 1.29 is 13.7 Å². The molecule has 1 amide bonds. The summed E-state index contributed by atoms with van der Waals surface area (Å²) in [6.45, 7) is 2.34. The van der Waals surface area contributed by atoms with Crippen LogP contribution in [0.3, 0.4) is 0 Å². The average Bonchev–Trinajstić information content (AvgIpc) is 3.02. The zero-order valence-electron chi connectivity index (χ0n) is 11.3. The molecule has 7 nitrogen and oxygen atoms in total. The molecule has 20 heavy (non-hydrogen) atoms. The van der Waals surface area contributed by atoms with E-state index in [-0.39, 0.29) is 5.91 Å². The Morgan fingerprint density at radius 3 is 3.10 bits per heavy atom. The van der Waals surface area contributed by atoms with E-state index in [4.69, 9.17) is 8.94 Å². The molecular weight excluding hydrogens is 260 g/mol. The van der Waals surface area contributed by atoms with Gasteiger partial charge in [-0.1, -0.05) is 12.1 Å². The summed E-state index contributed by atoms with van der Waals surface area (Å²) in [6, 6.07) is 0. The highest BCUT2D eigenvalue weighted by Crippen LogP contribution is 2.38. The molecule has 2 aromatic rings. The van der Waals surface area contributed by atoms with Crippen molar-refractivity contribution in [1.82, 2.24) is 20.4 Å². The van der Waals surface area contributed by atoms with Crippen molar-refractivity contribution in [2.45, 2.75) is 38.5 Å². The first kappa shape index (κ1) is 12.8. The van der Waals surface area contributed by atoms with Crippen molar-refractivity contribution >= 4 is 5.91 Å². The van der Waals surface area contributed by atoms with Crippen molar-refractivity contribution in [2.24, 2.45) is 0 Å². The van der Waals surface area contributed by atoms with Gasteiger partial charge in [0, 0.05) is 25.3 Å². The molecule has 1 aliphatic rings. The molecule has 0 saturated heterocycles. The van der Waals surface area contributed by atoms with Crippen LogP contribution in [0.15, 0.2) is 15.3 Å². The third kappa shape index (κ3) is 2.71. The number of carbonyl (C=O) groups is 1. The number of aryl methyl sites for hydroxylation is 1. The van der Waals surface area contributed by atoms with Crippen LogP contribution in [0.2, 0.25) is 0 Å². The number of nitrogens with one attached hydrogen (secondary N) is 1. The first-order valence-electron chi connectivity index (χ1n) is 6.81. The Balaban J connectivity index is 1.50. The Hall–Kier alpha value is -2.18. The summed E-state index contributed by atoms with van der Waals surface area (Å²) < 4.78 is 10.3. The molecule has 0 spiro atoms. The van der Waals surface area contributed by atoms with Gasteiger partial charge in [0.1, 0.15) is 5.76 Å². The first-order valence-corrected chi connectivity index (χ1v) is 6.81. The number of hydrogen-bond acceptors (Lipinski definition) is 6. The lowest BCUT2D eigenvalue weighted by Crippen LogP contribution is -2.26. The van der Waals surface area contributed by atoms with Crippen molar-refractivity contribution in [3.63, 3.8) is 0 Å². The molecule has 1 aliphatic carbocycles. The third-order valence-electron chi connectivity index (χ3n) is 3.23. The molecule has 1 fully saturated rings. The number of aromatic nitrogens is 3. The number of rotatable bonds is 6. The number of amides is 1. The van der Waals surface area contributed by atoms with Crippen LogP contribution in [0.25, 0.3) is 0 Å². The van der Waals surface area contributed by atoms with E-state index in [0.29, 0.717) is 42.6 Å². The van der Waals surface area contributed by atoms with Crippen LogP contribution in [0.4, 0.5) is 0 Å². The molecule has 0 atom stereocenters. The maximum Gasteiger partial charge on any atom is 0.273 e. The summed E-state index contributed by atoms with van der Waals surface area (Å²) in [5.41, 5.74) is 0.344. The van der Waals surface area contributed by atoms with Crippen LogP contribution in [-0.2, 0) is 12.8 Å². The van der Waals surface area contributed by atoms with Crippen molar-refractivity contribution in [3.8, 4) is 0 Å². The summed E-state index contributed by atoms with van der Waals surface area (Å²) >= 11 is 0. The van der Waals surface area contributed by atoms with E-state index in [0.717, 1.165) is 18.7 Å². The normalized spacial score (nSPS) is 14.4. The van der Waals surface area contributed by atoms with Gasteiger partial charge in [0.25, 0.3) is 5.91 Å². The quantitative estimate of drug-likeness (QED) is 0.858. The molecule has 0 unspecified atom stereocenters. The smallest absolute Gasteiger partial charge is 0.273 e. The summed E-state index contributed by atoms with van der Waals surface area (Å²) in [5, 5.41) is 6.70. The van der Waals surface area contributed by atoms with Crippen LogP contribution in [0.1, 0.15) is 53.6 Å². The Morgan fingerprint density at radius 2 is 2.35 bits per heavy atom. The van der Waals surface area contributed by atoms with Crippen LogP contribution in [0.5, 0.6) is 0 Å². The second kappa shape index (κ2) is 5.44. The van der Waals surface area contributed by atoms with E-state index in [1.807, 2.05) is 6.92 Å². The largest absolute Gasteiger partial charge is 0.448 e. The van der Waals surface area contributed by atoms with Gasteiger partial charge in [0.2, 0.25) is 5.89 Å². The summed E-state index contributed by atoms with van der Waals surface area (Å²) in [5.74, 6) is 2.18. The molecule has 0 aromatic carbocycles. The molecule has 106 valence electrons. The van der Waals surface area contributed by atoms with Crippen molar-refractivity contribution in [3.05, 3.63) is 29.6 Å². The number of nitrogens with zero attached hydrogens (tertiary/aromatic N) is 3. The van der Waals surface area contributed by atoms with Crippen molar-refractivity contribution in [2.75, 3.05) is 6.54 Å². The van der Waals surface area contributed by atoms with Crippen LogP contribution in [0, 0.1) is 0 Å². The number of carbonyl (C=O) groups excluding carboxylic acids is 1. The molecule has 0 aliphatic heterocycles. The minimum atomic E-state index is -0.238. The van der Waals surface area contributed by atoms with E-state index < -0.39 is 0 Å². The van der Waals surface area contributed by atoms with Gasteiger partial charge in [-0.05, 0) is 12.8 Å². The SMILES string of the molecule is CCc1ocnc1C(=O)NCCc1nc(C2CC2)no1. The standard InChI is InChI=1S/C13H16N4O3/c1-2-9-11(15-7-19-9)13(18)14-6-5-10-16-12(17-20-10)8-3-4-8/h7-8H,2-6H2,1H3,(H,14,18).